The van der Waals surface area contributed by atoms with E-state index in [-0.39, 0.29) is 5.92 Å². The number of allylic oxidation sites excluding steroid dienone is 1. The van der Waals surface area contributed by atoms with Gasteiger partial charge in [0.15, 0.2) is 0 Å². The summed E-state index contributed by atoms with van der Waals surface area (Å²) in [5, 5.41) is 0. The van der Waals surface area contributed by atoms with Gasteiger partial charge in [0.1, 0.15) is 5.75 Å². The Morgan fingerprint density at radius 2 is 1.33 bits per heavy atom. The lowest BCUT2D eigenvalue weighted by Gasteiger charge is -2.16. The van der Waals surface area contributed by atoms with Crippen molar-refractivity contribution in [3.05, 3.63) is 108 Å². The van der Waals surface area contributed by atoms with Gasteiger partial charge in [-0.2, -0.15) is 0 Å². The van der Waals surface area contributed by atoms with Crippen LogP contribution in [0.15, 0.2) is 91.0 Å². The molecular formula is C22H19IO. The van der Waals surface area contributed by atoms with E-state index >= 15 is 0 Å². The molecule has 24 heavy (non-hydrogen) atoms. The molecule has 0 N–H and O–H groups in total. The monoisotopic (exact) mass is 426 g/mol. The second kappa shape index (κ2) is 8.15. The second-order valence-electron chi connectivity index (χ2n) is 5.54. The van der Waals surface area contributed by atoms with Crippen molar-refractivity contribution < 1.29 is 4.74 Å². The lowest BCUT2D eigenvalue weighted by atomic mass is 9.90. The van der Waals surface area contributed by atoms with Crippen LogP contribution in [0.4, 0.5) is 0 Å². The zero-order valence-corrected chi connectivity index (χ0v) is 15.7. The first-order valence-electron chi connectivity index (χ1n) is 7.89. The van der Waals surface area contributed by atoms with Crippen LogP contribution >= 0.6 is 22.6 Å². The maximum absolute atomic E-state index is 5.29. The molecule has 0 fully saturated rings. The van der Waals surface area contributed by atoms with Gasteiger partial charge in [-0.25, -0.2) is 0 Å². The molecule has 2 heteroatoms. The molecule has 3 aromatic carbocycles. The minimum absolute atomic E-state index is 0.212. The van der Waals surface area contributed by atoms with Crippen LogP contribution in [0, 0.1) is 0 Å². The van der Waals surface area contributed by atoms with E-state index in [0.717, 1.165) is 5.75 Å². The molecule has 1 atom stereocenters. The Morgan fingerprint density at radius 1 is 0.792 bits per heavy atom. The van der Waals surface area contributed by atoms with Crippen molar-refractivity contribution in [2.24, 2.45) is 0 Å². The third-order valence-electron chi connectivity index (χ3n) is 4.00. The van der Waals surface area contributed by atoms with Crippen molar-refractivity contribution in [3.63, 3.8) is 0 Å². The largest absolute Gasteiger partial charge is 0.497 e. The molecule has 0 amide bonds. The molecule has 3 aromatic rings. The topological polar surface area (TPSA) is 9.23 Å². The maximum Gasteiger partial charge on any atom is 0.118 e. The van der Waals surface area contributed by atoms with Crippen molar-refractivity contribution in [1.82, 2.24) is 0 Å². The SMILES string of the molecule is COc1ccc(C(/C=C(/I)c2ccccc2)c2ccccc2)cc1. The summed E-state index contributed by atoms with van der Waals surface area (Å²) in [6.07, 6.45) is 2.33. The van der Waals surface area contributed by atoms with Gasteiger partial charge in [-0.1, -0.05) is 78.9 Å². The van der Waals surface area contributed by atoms with Crippen LogP contribution in [0.3, 0.4) is 0 Å². The summed E-state index contributed by atoms with van der Waals surface area (Å²) >= 11 is 2.43. The average molecular weight is 426 g/mol. The molecule has 0 saturated carbocycles. The zero-order valence-electron chi connectivity index (χ0n) is 13.5. The summed E-state index contributed by atoms with van der Waals surface area (Å²) < 4.78 is 6.54. The lowest BCUT2D eigenvalue weighted by molar-refractivity contribution is 0.414. The molecule has 0 aliphatic rings. The van der Waals surface area contributed by atoms with Gasteiger partial charge >= 0.3 is 0 Å². The van der Waals surface area contributed by atoms with E-state index in [4.69, 9.17) is 4.74 Å². The highest BCUT2D eigenvalue weighted by molar-refractivity contribution is 14.1. The molecule has 0 bridgehead atoms. The first kappa shape index (κ1) is 16.8. The van der Waals surface area contributed by atoms with Crippen LogP contribution in [0.5, 0.6) is 5.75 Å². The minimum Gasteiger partial charge on any atom is -0.497 e. The number of hydrogen-bond donors (Lipinski definition) is 0. The molecule has 0 saturated heterocycles. The number of methoxy groups -OCH3 is 1. The third-order valence-corrected chi connectivity index (χ3v) is 4.98. The van der Waals surface area contributed by atoms with E-state index < -0.39 is 0 Å². The Morgan fingerprint density at radius 3 is 1.92 bits per heavy atom. The summed E-state index contributed by atoms with van der Waals surface area (Å²) in [5.74, 6) is 1.09. The Kier molecular flexibility index (Phi) is 5.70. The molecule has 0 aliphatic heterocycles. The van der Waals surface area contributed by atoms with Crippen LogP contribution in [0.25, 0.3) is 3.58 Å². The molecule has 1 unspecified atom stereocenters. The molecule has 1 nitrogen and oxygen atoms in total. The van der Waals surface area contributed by atoms with Gasteiger partial charge in [0.2, 0.25) is 0 Å². The normalized spacial score (nSPS) is 12.7. The molecule has 0 spiro atoms. The van der Waals surface area contributed by atoms with Crippen LogP contribution < -0.4 is 4.74 Å². The first-order chi connectivity index (χ1) is 11.8. The zero-order chi connectivity index (χ0) is 16.8. The number of ether oxygens (including phenoxy) is 1. The predicted molar refractivity (Wildman–Crippen MR) is 110 cm³/mol. The Bertz CT molecular complexity index is 792. The van der Waals surface area contributed by atoms with Crippen molar-refractivity contribution in [2.45, 2.75) is 5.92 Å². The molecule has 0 aliphatic carbocycles. The second-order valence-corrected chi connectivity index (χ2v) is 6.70. The Labute approximate surface area is 157 Å². The van der Waals surface area contributed by atoms with Gasteiger partial charge in [-0.15, -0.1) is 0 Å². The highest BCUT2D eigenvalue weighted by Crippen LogP contribution is 2.33. The summed E-state index contributed by atoms with van der Waals surface area (Å²) in [6, 6.07) is 29.4. The van der Waals surface area contributed by atoms with E-state index in [1.807, 2.05) is 18.2 Å². The lowest BCUT2D eigenvalue weighted by Crippen LogP contribution is -1.98. The smallest absolute Gasteiger partial charge is 0.118 e. The van der Waals surface area contributed by atoms with Gasteiger partial charge in [0.25, 0.3) is 0 Å². The van der Waals surface area contributed by atoms with Gasteiger partial charge < -0.3 is 4.74 Å². The van der Waals surface area contributed by atoms with E-state index in [0.29, 0.717) is 0 Å². The van der Waals surface area contributed by atoms with Crippen LogP contribution in [0.1, 0.15) is 22.6 Å². The number of benzene rings is 3. The third kappa shape index (κ3) is 4.06. The summed E-state index contributed by atoms with van der Waals surface area (Å²) in [7, 11) is 1.70. The Balaban J connectivity index is 2.02. The van der Waals surface area contributed by atoms with Crippen molar-refractivity contribution >= 4 is 26.2 Å². The summed E-state index contributed by atoms with van der Waals surface area (Å²) in [4.78, 5) is 0. The highest BCUT2D eigenvalue weighted by atomic mass is 127. The molecule has 120 valence electrons. The van der Waals surface area contributed by atoms with Crippen molar-refractivity contribution in [2.75, 3.05) is 7.11 Å². The molecule has 3 rings (SSSR count). The molecule has 0 aromatic heterocycles. The Hall–Kier alpha value is -2.07. The minimum atomic E-state index is 0.212. The van der Waals surface area contributed by atoms with Crippen LogP contribution in [0.2, 0.25) is 0 Å². The fourth-order valence-electron chi connectivity index (χ4n) is 2.70. The predicted octanol–water partition coefficient (Wildman–Crippen LogP) is 6.30. The van der Waals surface area contributed by atoms with E-state index in [1.54, 1.807) is 7.11 Å². The maximum atomic E-state index is 5.29. The first-order valence-corrected chi connectivity index (χ1v) is 8.97. The summed E-state index contributed by atoms with van der Waals surface area (Å²) in [6.45, 7) is 0. The fraction of sp³-hybridized carbons (Fsp3) is 0.0909. The quantitative estimate of drug-likeness (QED) is 0.435. The molecular weight excluding hydrogens is 407 g/mol. The van der Waals surface area contributed by atoms with Crippen LogP contribution in [-0.4, -0.2) is 7.11 Å². The number of halogens is 1. The van der Waals surface area contributed by atoms with Crippen molar-refractivity contribution in [1.29, 1.82) is 0 Å². The van der Waals surface area contributed by atoms with Gasteiger partial charge in [-0.3, -0.25) is 0 Å². The van der Waals surface area contributed by atoms with E-state index in [2.05, 4.69) is 95.4 Å². The van der Waals surface area contributed by atoms with E-state index in [9.17, 15) is 0 Å². The number of rotatable bonds is 5. The van der Waals surface area contributed by atoms with E-state index in [1.165, 1.54) is 20.3 Å². The molecule has 0 heterocycles. The highest BCUT2D eigenvalue weighted by Gasteiger charge is 2.13. The fourth-order valence-corrected chi connectivity index (χ4v) is 3.42. The average Bonchev–Trinajstić information content (AvgIpc) is 2.67. The van der Waals surface area contributed by atoms with Crippen molar-refractivity contribution in [3.8, 4) is 5.75 Å². The standard InChI is InChI=1S/C22H19IO/c1-24-20-14-12-18(13-15-20)21(17-8-4-2-5-9-17)16-22(23)19-10-6-3-7-11-19/h2-16,21H,1H3/b22-16+. The van der Waals surface area contributed by atoms with Crippen LogP contribution in [-0.2, 0) is 0 Å². The van der Waals surface area contributed by atoms with Gasteiger partial charge in [0, 0.05) is 9.50 Å². The summed E-state index contributed by atoms with van der Waals surface area (Å²) in [5.41, 5.74) is 3.78. The van der Waals surface area contributed by atoms with Gasteiger partial charge in [0.05, 0.1) is 7.11 Å². The molecule has 0 radical (unpaired) electrons. The number of hydrogen-bond acceptors (Lipinski definition) is 1. The van der Waals surface area contributed by atoms with Gasteiger partial charge in [-0.05, 0) is 51.4 Å².